The van der Waals surface area contributed by atoms with E-state index >= 15 is 0 Å². The van der Waals surface area contributed by atoms with Crippen molar-refractivity contribution in [2.45, 2.75) is 6.54 Å². The zero-order valence-corrected chi connectivity index (χ0v) is 14.3. The Hall–Kier alpha value is -2.54. The number of benzene rings is 2. The number of amides is 1. The fourth-order valence-electron chi connectivity index (χ4n) is 2.45. The molecule has 122 valence electrons. The minimum absolute atomic E-state index is 0.0476. The average molecular weight is 390 g/mol. The molecule has 3 rings (SSSR count). The number of fused-ring (bicyclic) bond motifs is 1. The van der Waals surface area contributed by atoms with E-state index < -0.39 is 11.7 Å². The van der Waals surface area contributed by atoms with Crippen LogP contribution >= 0.6 is 15.9 Å². The van der Waals surface area contributed by atoms with Crippen LogP contribution in [0.2, 0.25) is 0 Å². The van der Waals surface area contributed by atoms with Gasteiger partial charge in [-0.05, 0) is 29.8 Å². The molecule has 0 aliphatic heterocycles. The number of hydrogen-bond donors (Lipinski definition) is 1. The van der Waals surface area contributed by atoms with Crippen molar-refractivity contribution in [2.24, 2.45) is 0 Å². The molecule has 0 aliphatic carbocycles. The summed E-state index contributed by atoms with van der Waals surface area (Å²) in [5, 5.41) is 7.57. The maximum atomic E-state index is 13.5. The van der Waals surface area contributed by atoms with Gasteiger partial charge in [0, 0.05) is 16.9 Å². The lowest BCUT2D eigenvalue weighted by molar-refractivity contribution is 0.0957. The maximum Gasteiger partial charge on any atom is 0.274 e. The van der Waals surface area contributed by atoms with Crippen molar-refractivity contribution in [2.75, 3.05) is 7.05 Å². The van der Waals surface area contributed by atoms with Crippen molar-refractivity contribution in [1.29, 1.82) is 0 Å². The van der Waals surface area contributed by atoms with Gasteiger partial charge in [0.05, 0.1) is 11.9 Å². The highest BCUT2D eigenvalue weighted by atomic mass is 79.9. The molecule has 7 heteroatoms. The molecule has 1 aromatic heterocycles. The highest BCUT2D eigenvalue weighted by Gasteiger charge is 2.16. The molecule has 0 atom stereocenters. The van der Waals surface area contributed by atoms with E-state index in [4.69, 9.17) is 0 Å². The predicted molar refractivity (Wildman–Crippen MR) is 92.6 cm³/mol. The first-order valence-corrected chi connectivity index (χ1v) is 7.96. The van der Waals surface area contributed by atoms with Gasteiger partial charge in [0.1, 0.15) is 5.82 Å². The Balaban J connectivity index is 2.21. The quantitative estimate of drug-likeness (QED) is 0.748. The summed E-state index contributed by atoms with van der Waals surface area (Å²) in [6.45, 7) is 0.0476. The van der Waals surface area contributed by atoms with Gasteiger partial charge in [0.2, 0.25) is 0 Å². The Morgan fingerprint density at radius 2 is 1.96 bits per heavy atom. The van der Waals surface area contributed by atoms with Gasteiger partial charge in [-0.1, -0.05) is 34.1 Å². The first kappa shape index (κ1) is 16.3. The molecule has 0 unspecified atom stereocenters. The van der Waals surface area contributed by atoms with E-state index in [1.807, 2.05) is 0 Å². The number of halogens is 2. The van der Waals surface area contributed by atoms with Gasteiger partial charge in [-0.2, -0.15) is 5.10 Å². The Kier molecular flexibility index (Phi) is 4.44. The van der Waals surface area contributed by atoms with Crippen molar-refractivity contribution >= 4 is 32.6 Å². The van der Waals surface area contributed by atoms with Crippen LogP contribution in [0.1, 0.15) is 16.1 Å². The lowest BCUT2D eigenvalue weighted by Crippen LogP contribution is -2.29. The molecular weight excluding hydrogens is 377 g/mol. The monoisotopic (exact) mass is 389 g/mol. The Morgan fingerprint density at radius 3 is 2.67 bits per heavy atom. The topological polar surface area (TPSA) is 64.0 Å². The number of aromatic nitrogens is 2. The van der Waals surface area contributed by atoms with E-state index in [1.54, 1.807) is 30.3 Å². The second kappa shape index (κ2) is 6.52. The molecule has 5 nitrogen and oxygen atoms in total. The van der Waals surface area contributed by atoms with Gasteiger partial charge in [0.15, 0.2) is 5.69 Å². The smallest absolute Gasteiger partial charge is 0.274 e. The largest absolute Gasteiger partial charge is 0.354 e. The van der Waals surface area contributed by atoms with Gasteiger partial charge in [-0.15, -0.1) is 0 Å². The van der Waals surface area contributed by atoms with Crippen LogP contribution in [0, 0.1) is 5.82 Å². The molecule has 0 spiro atoms. The second-order valence-electron chi connectivity index (χ2n) is 5.17. The minimum atomic E-state index is -0.409. The summed E-state index contributed by atoms with van der Waals surface area (Å²) in [4.78, 5) is 24.8. The highest BCUT2D eigenvalue weighted by molar-refractivity contribution is 9.10. The summed E-state index contributed by atoms with van der Waals surface area (Å²) in [6, 6.07) is 11.0. The number of carbonyl (C=O) groups is 1. The van der Waals surface area contributed by atoms with Gasteiger partial charge in [0.25, 0.3) is 11.5 Å². The standard InChI is InChI=1S/C17H13BrFN3O2/c1-20-16(23)15-12-4-2-3-5-13(12)17(24)22(21-15)9-10-8-11(19)6-7-14(10)18/h2-8H,9H2,1H3,(H,20,23). The van der Waals surface area contributed by atoms with Crippen molar-refractivity contribution in [1.82, 2.24) is 15.1 Å². The first-order valence-electron chi connectivity index (χ1n) is 7.17. The summed E-state index contributed by atoms with van der Waals surface area (Å²) >= 11 is 3.33. The van der Waals surface area contributed by atoms with Crippen LogP contribution in [-0.2, 0) is 6.54 Å². The van der Waals surface area contributed by atoms with E-state index in [1.165, 1.54) is 23.9 Å². The van der Waals surface area contributed by atoms with E-state index in [0.717, 1.165) is 0 Å². The van der Waals surface area contributed by atoms with E-state index in [9.17, 15) is 14.0 Å². The van der Waals surface area contributed by atoms with E-state index in [0.29, 0.717) is 20.8 Å². The Labute approximate surface area is 145 Å². The molecule has 24 heavy (non-hydrogen) atoms. The van der Waals surface area contributed by atoms with Crippen molar-refractivity contribution in [3.63, 3.8) is 0 Å². The summed E-state index contributed by atoms with van der Waals surface area (Å²) < 4.78 is 15.3. The lowest BCUT2D eigenvalue weighted by atomic mass is 10.1. The second-order valence-corrected chi connectivity index (χ2v) is 6.03. The maximum absolute atomic E-state index is 13.5. The van der Waals surface area contributed by atoms with Crippen LogP contribution in [-0.4, -0.2) is 22.7 Å². The fraction of sp³-hybridized carbons (Fsp3) is 0.118. The number of carbonyl (C=O) groups excluding carboxylic acids is 1. The normalized spacial score (nSPS) is 10.8. The fourth-order valence-corrected chi connectivity index (χ4v) is 2.83. The van der Waals surface area contributed by atoms with E-state index in [-0.39, 0.29) is 17.8 Å². The van der Waals surface area contributed by atoms with Crippen molar-refractivity contribution in [3.8, 4) is 0 Å². The molecular formula is C17H13BrFN3O2. The van der Waals surface area contributed by atoms with Crippen LogP contribution in [0.4, 0.5) is 4.39 Å². The number of nitrogens with one attached hydrogen (secondary N) is 1. The molecule has 0 aliphatic rings. The highest BCUT2D eigenvalue weighted by Crippen LogP contribution is 2.19. The van der Waals surface area contributed by atoms with Crippen LogP contribution in [0.15, 0.2) is 51.7 Å². The van der Waals surface area contributed by atoms with Crippen LogP contribution in [0.25, 0.3) is 10.8 Å². The van der Waals surface area contributed by atoms with Gasteiger partial charge in [-0.3, -0.25) is 9.59 Å². The SMILES string of the molecule is CNC(=O)c1nn(Cc2cc(F)ccc2Br)c(=O)c2ccccc12. The van der Waals surface area contributed by atoms with Crippen LogP contribution < -0.4 is 10.9 Å². The van der Waals surface area contributed by atoms with Crippen molar-refractivity contribution in [3.05, 3.63) is 74.4 Å². The van der Waals surface area contributed by atoms with Gasteiger partial charge >= 0.3 is 0 Å². The van der Waals surface area contributed by atoms with Crippen molar-refractivity contribution < 1.29 is 9.18 Å². The third-order valence-electron chi connectivity index (χ3n) is 3.64. The molecule has 1 amide bonds. The summed E-state index contributed by atoms with van der Waals surface area (Å²) in [5.41, 5.74) is 0.373. The molecule has 0 saturated heterocycles. The first-order chi connectivity index (χ1) is 11.5. The molecule has 3 aromatic rings. The zero-order valence-electron chi connectivity index (χ0n) is 12.7. The molecule has 1 heterocycles. The van der Waals surface area contributed by atoms with E-state index in [2.05, 4.69) is 26.3 Å². The van der Waals surface area contributed by atoms with Gasteiger partial charge in [-0.25, -0.2) is 9.07 Å². The average Bonchev–Trinajstić information content (AvgIpc) is 2.60. The predicted octanol–water partition coefficient (Wildman–Crippen LogP) is 2.71. The lowest BCUT2D eigenvalue weighted by Gasteiger charge is -2.11. The summed E-state index contributed by atoms with van der Waals surface area (Å²) in [5.74, 6) is -0.799. The Morgan fingerprint density at radius 1 is 1.25 bits per heavy atom. The van der Waals surface area contributed by atoms with Crippen LogP contribution in [0.5, 0.6) is 0 Å². The number of nitrogens with zero attached hydrogens (tertiary/aromatic N) is 2. The molecule has 2 aromatic carbocycles. The third-order valence-corrected chi connectivity index (χ3v) is 4.41. The molecule has 0 saturated carbocycles. The minimum Gasteiger partial charge on any atom is -0.354 e. The third kappa shape index (κ3) is 2.94. The zero-order chi connectivity index (χ0) is 17.3. The summed E-state index contributed by atoms with van der Waals surface area (Å²) in [6.07, 6.45) is 0. The van der Waals surface area contributed by atoms with Gasteiger partial charge < -0.3 is 5.32 Å². The number of rotatable bonds is 3. The molecule has 1 N–H and O–H groups in total. The van der Waals surface area contributed by atoms with Crippen LogP contribution in [0.3, 0.4) is 0 Å². The Bertz CT molecular complexity index is 1000. The molecule has 0 bridgehead atoms. The molecule has 0 fully saturated rings. The molecule has 0 radical (unpaired) electrons. The number of hydrogen-bond acceptors (Lipinski definition) is 3. The summed E-state index contributed by atoms with van der Waals surface area (Å²) in [7, 11) is 1.50.